The van der Waals surface area contributed by atoms with Gasteiger partial charge in [-0.25, -0.2) is 0 Å². The van der Waals surface area contributed by atoms with Gasteiger partial charge in [-0.3, -0.25) is 0 Å². The monoisotopic (exact) mass is 91.0 g/mol. The first-order valence-electron chi connectivity index (χ1n) is 1.36. The van der Waals surface area contributed by atoms with Crippen molar-refractivity contribution in [1.29, 1.82) is 0 Å². The van der Waals surface area contributed by atoms with E-state index in [-0.39, 0.29) is 0 Å². The summed E-state index contributed by atoms with van der Waals surface area (Å²) in [4.78, 5) is 8.97. The van der Waals surface area contributed by atoms with E-state index in [1.54, 1.807) is 0 Å². The van der Waals surface area contributed by atoms with Crippen molar-refractivity contribution in [3.05, 3.63) is 4.91 Å². The van der Waals surface area contributed by atoms with E-state index in [4.69, 9.17) is 4.91 Å². The Morgan fingerprint density at radius 1 is 2.00 bits per heavy atom. The van der Waals surface area contributed by atoms with Gasteiger partial charge in [-0.2, -0.15) is 0 Å². The van der Waals surface area contributed by atoms with Gasteiger partial charge < -0.3 is 4.53 Å². The van der Waals surface area contributed by atoms with E-state index in [2.05, 4.69) is 9.87 Å². The largest absolute Gasteiger partial charge is 0.432 e. The molecule has 0 aliphatic rings. The van der Waals surface area contributed by atoms with Crippen LogP contribution in [0.25, 0.3) is 0 Å². The lowest BCUT2D eigenvalue weighted by molar-refractivity contribution is 0.359. The maximum absolute atomic E-state index is 8.97. The first-order chi connectivity index (χ1) is 2.41. The van der Waals surface area contributed by atoms with Crippen molar-refractivity contribution in [2.24, 2.45) is 5.34 Å². The van der Waals surface area contributed by atoms with Crippen molar-refractivity contribution in [2.45, 2.75) is 6.55 Å². The van der Waals surface area contributed by atoms with Gasteiger partial charge in [0.1, 0.15) is 5.34 Å². The molecule has 0 saturated heterocycles. The molecule has 0 aromatic rings. The molecule has 0 rings (SSSR count). The summed E-state index contributed by atoms with van der Waals surface area (Å²) in [7, 11) is -0.565. The molecule has 0 spiro atoms. The molecule has 3 nitrogen and oxygen atoms in total. The summed E-state index contributed by atoms with van der Waals surface area (Å²) in [5.41, 5.74) is 0. The molecule has 0 atom stereocenters. The zero-order valence-electron chi connectivity index (χ0n) is 2.97. The van der Waals surface area contributed by atoms with Crippen LogP contribution < -0.4 is 0 Å². The van der Waals surface area contributed by atoms with Crippen LogP contribution in [0.15, 0.2) is 5.34 Å². The molecular weight excluding hydrogens is 86.1 g/mol. The zero-order valence-corrected chi connectivity index (χ0v) is 4.39. The molecule has 0 fully saturated rings. The molecule has 30 valence electrons. The van der Waals surface area contributed by atoms with Gasteiger partial charge in [0, 0.05) is 0 Å². The van der Waals surface area contributed by atoms with Crippen molar-refractivity contribution < 1.29 is 4.53 Å². The van der Waals surface area contributed by atoms with Crippen LogP contribution in [0.2, 0.25) is 6.55 Å². The van der Waals surface area contributed by atoms with Crippen LogP contribution in [0.3, 0.4) is 0 Å². The van der Waals surface area contributed by atoms with Crippen molar-refractivity contribution in [3.63, 3.8) is 0 Å². The average molecular weight is 91.1 g/mol. The average Bonchev–Trinajstić information content (AvgIpc) is 1.41. The van der Waals surface area contributed by atoms with E-state index >= 15 is 0 Å². The molecule has 0 aromatic heterocycles. The number of hydrogen-bond donors (Lipinski definition) is 0. The van der Waals surface area contributed by atoms with Gasteiger partial charge in [-0.15, -0.1) is 4.91 Å². The summed E-state index contributed by atoms with van der Waals surface area (Å²) in [5, 5.41) is 2.17. The Morgan fingerprint density at radius 2 is 2.60 bits per heavy atom. The summed E-state index contributed by atoms with van der Waals surface area (Å²) < 4.78 is 4.04. The van der Waals surface area contributed by atoms with Gasteiger partial charge in [0.05, 0.1) is 0 Å². The summed E-state index contributed by atoms with van der Waals surface area (Å²) >= 11 is 0. The topological polar surface area (TPSA) is 38.7 Å². The van der Waals surface area contributed by atoms with Crippen LogP contribution in [-0.2, 0) is 4.53 Å². The van der Waals surface area contributed by atoms with E-state index in [1.165, 1.54) is 0 Å². The quantitative estimate of drug-likeness (QED) is 0.268. The van der Waals surface area contributed by atoms with Gasteiger partial charge in [-0.1, -0.05) is 0 Å². The van der Waals surface area contributed by atoms with Crippen LogP contribution in [-0.4, -0.2) is 9.76 Å². The first-order valence-corrected chi connectivity index (χ1v) is 3.35. The highest BCUT2D eigenvalue weighted by atomic mass is 28.2. The Kier molecular flexibility index (Phi) is 3.34. The van der Waals surface area contributed by atoms with Crippen LogP contribution in [0.1, 0.15) is 0 Å². The Labute approximate surface area is 32.2 Å². The van der Waals surface area contributed by atoms with Gasteiger partial charge in [0.25, 0.3) is 9.76 Å². The van der Waals surface area contributed by atoms with Crippen LogP contribution >= 0.6 is 0 Å². The fourth-order valence-corrected chi connectivity index (χ4v) is 0.158. The van der Waals surface area contributed by atoms with Crippen molar-refractivity contribution in [1.82, 2.24) is 0 Å². The smallest absolute Gasteiger partial charge is 0.259 e. The van der Waals surface area contributed by atoms with Crippen molar-refractivity contribution in [3.8, 4) is 0 Å². The number of nitrogens with zero attached hydrogens (tertiary/aromatic N) is 1. The third kappa shape index (κ3) is 3.62. The van der Waals surface area contributed by atoms with E-state index in [0.29, 0.717) is 0 Å². The highest BCUT2D eigenvalue weighted by molar-refractivity contribution is 6.24. The lowest BCUT2D eigenvalue weighted by Crippen LogP contribution is -1.78. The predicted molar refractivity (Wildman–Crippen MR) is 21.3 cm³/mol. The van der Waals surface area contributed by atoms with E-state index in [0.717, 1.165) is 0 Å². The van der Waals surface area contributed by atoms with Gasteiger partial charge in [0.2, 0.25) is 0 Å². The fourth-order valence-electron chi connectivity index (χ4n) is 0.0527. The minimum Gasteiger partial charge on any atom is -0.432 e. The second kappa shape index (κ2) is 3.62. The molecule has 0 aromatic carbocycles. The van der Waals surface area contributed by atoms with Gasteiger partial charge in [-0.05, 0) is 6.55 Å². The fraction of sp³-hybridized carbons (Fsp3) is 1.00. The maximum atomic E-state index is 8.97. The third-order valence-electron chi connectivity index (χ3n) is 0.182. The Hall–Kier alpha value is -0.383. The standard InChI is InChI=1S/CH5NO2Si/c1-5-4-2-3/h5H2,1H3. The summed E-state index contributed by atoms with van der Waals surface area (Å²) in [5.74, 6) is 0. The van der Waals surface area contributed by atoms with Crippen molar-refractivity contribution >= 4 is 9.76 Å². The second-order valence-electron chi connectivity index (χ2n) is 0.492. The molecule has 4 heteroatoms. The Balaban J connectivity index is 2.40. The Morgan fingerprint density at radius 3 is 2.60 bits per heavy atom. The molecule has 0 saturated carbocycles. The zero-order chi connectivity index (χ0) is 4.12. The van der Waals surface area contributed by atoms with E-state index in [9.17, 15) is 0 Å². The molecule has 0 heterocycles. The second-order valence-corrected chi connectivity index (χ2v) is 1.33. The summed E-state index contributed by atoms with van der Waals surface area (Å²) in [6, 6.07) is 0. The van der Waals surface area contributed by atoms with Crippen LogP contribution in [0, 0.1) is 4.91 Å². The molecule has 0 amide bonds. The van der Waals surface area contributed by atoms with Crippen LogP contribution in [0.5, 0.6) is 0 Å². The molecule has 0 aliphatic carbocycles. The minimum atomic E-state index is -0.565. The van der Waals surface area contributed by atoms with E-state index < -0.39 is 9.76 Å². The molecule has 0 N–H and O–H groups in total. The molecule has 5 heavy (non-hydrogen) atoms. The SMILES string of the molecule is C[SiH2]ON=O. The lowest BCUT2D eigenvalue weighted by atomic mass is 11.9. The molecule has 0 aliphatic heterocycles. The Bertz CT molecular complexity index is 30.8. The molecule has 0 radical (unpaired) electrons. The molecular formula is CH5NO2Si. The normalized spacial score (nSPS) is 9.00. The molecule has 0 unspecified atom stereocenters. The van der Waals surface area contributed by atoms with Gasteiger partial charge >= 0.3 is 0 Å². The van der Waals surface area contributed by atoms with E-state index in [1.807, 2.05) is 6.55 Å². The maximum Gasteiger partial charge on any atom is 0.259 e. The molecule has 0 bridgehead atoms. The highest BCUT2D eigenvalue weighted by Gasteiger charge is 1.65. The highest BCUT2D eigenvalue weighted by Crippen LogP contribution is 1.61. The lowest BCUT2D eigenvalue weighted by Gasteiger charge is -1.76. The summed E-state index contributed by atoms with van der Waals surface area (Å²) in [6.45, 7) is 1.83. The number of rotatable bonds is 2. The van der Waals surface area contributed by atoms with Crippen LogP contribution in [0.4, 0.5) is 0 Å². The minimum absolute atomic E-state index is 0.565. The predicted octanol–water partition coefficient (Wildman–Crippen LogP) is -0.184. The summed E-state index contributed by atoms with van der Waals surface area (Å²) in [6.07, 6.45) is 0. The third-order valence-corrected chi connectivity index (χ3v) is 0.545. The number of hydrogen-bond acceptors (Lipinski definition) is 3. The first kappa shape index (κ1) is 4.62. The van der Waals surface area contributed by atoms with Crippen molar-refractivity contribution in [2.75, 3.05) is 0 Å². The van der Waals surface area contributed by atoms with Gasteiger partial charge in [0.15, 0.2) is 0 Å².